The summed E-state index contributed by atoms with van der Waals surface area (Å²) >= 11 is 6.47. The number of anilines is 2. The van der Waals surface area contributed by atoms with Gasteiger partial charge in [-0.2, -0.15) is 0 Å². The lowest BCUT2D eigenvalue weighted by molar-refractivity contribution is 0.0303. The fourth-order valence-corrected chi connectivity index (χ4v) is 5.24. The maximum absolute atomic E-state index is 12.7. The molecule has 0 bridgehead atoms. The van der Waals surface area contributed by atoms with Crippen molar-refractivity contribution in [2.45, 2.75) is 24.9 Å². The van der Waals surface area contributed by atoms with Crippen molar-refractivity contribution in [1.82, 2.24) is 9.80 Å². The van der Waals surface area contributed by atoms with Crippen LogP contribution in [-0.4, -0.2) is 80.3 Å². The number of piperidine rings is 1. The second kappa shape index (κ2) is 9.69. The summed E-state index contributed by atoms with van der Waals surface area (Å²) in [6, 6.07) is 17.5. The van der Waals surface area contributed by atoms with Crippen molar-refractivity contribution >= 4 is 28.9 Å². The minimum absolute atomic E-state index is 0.0125. The molecule has 1 amide bonds. The zero-order valence-electron chi connectivity index (χ0n) is 18.4. The van der Waals surface area contributed by atoms with Crippen LogP contribution in [0.5, 0.6) is 0 Å². The number of amides is 1. The van der Waals surface area contributed by atoms with Gasteiger partial charge in [-0.25, -0.2) is 0 Å². The van der Waals surface area contributed by atoms with E-state index in [4.69, 9.17) is 16.3 Å². The Bertz CT molecular complexity index is 921. The average Bonchev–Trinajstić information content (AvgIpc) is 2.82. The van der Waals surface area contributed by atoms with Crippen molar-refractivity contribution < 1.29 is 9.53 Å². The summed E-state index contributed by atoms with van der Waals surface area (Å²) in [5, 5.41) is 4.10. The SMILES string of the molecule is O=C(c1ccc(NC2CN(C3CCN(c4ccccc4)CC3)C2)cc1Cl)N1CCOCC1. The predicted molar refractivity (Wildman–Crippen MR) is 129 cm³/mol. The normalized spacial score (nSPS) is 20.8. The fourth-order valence-electron chi connectivity index (χ4n) is 4.98. The summed E-state index contributed by atoms with van der Waals surface area (Å²) in [6.07, 6.45) is 2.43. The van der Waals surface area contributed by atoms with Crippen LogP contribution in [0.3, 0.4) is 0 Å². The van der Waals surface area contributed by atoms with E-state index in [1.165, 1.54) is 18.5 Å². The van der Waals surface area contributed by atoms with E-state index in [9.17, 15) is 4.79 Å². The van der Waals surface area contributed by atoms with Gasteiger partial charge in [0, 0.05) is 56.7 Å². The molecule has 5 rings (SSSR count). The molecule has 0 aliphatic carbocycles. The number of carbonyl (C=O) groups excluding carboxylic acids is 1. The van der Waals surface area contributed by atoms with Gasteiger partial charge in [-0.15, -0.1) is 0 Å². The highest BCUT2D eigenvalue weighted by Gasteiger charge is 2.34. The molecule has 2 aromatic rings. The summed E-state index contributed by atoms with van der Waals surface area (Å²) < 4.78 is 5.33. The molecule has 0 saturated carbocycles. The number of halogens is 1. The largest absolute Gasteiger partial charge is 0.380 e. The zero-order valence-corrected chi connectivity index (χ0v) is 19.1. The fraction of sp³-hybridized carbons (Fsp3) is 0.480. The Kier molecular flexibility index (Phi) is 6.53. The molecule has 0 spiro atoms. The van der Waals surface area contributed by atoms with Gasteiger partial charge in [-0.1, -0.05) is 29.8 Å². The summed E-state index contributed by atoms with van der Waals surface area (Å²) in [6.45, 7) is 6.78. The number of carbonyl (C=O) groups is 1. The van der Waals surface area contributed by atoms with Gasteiger partial charge in [0.1, 0.15) is 0 Å². The number of nitrogens with zero attached hydrogens (tertiary/aromatic N) is 3. The smallest absolute Gasteiger partial charge is 0.255 e. The molecule has 6 nitrogen and oxygen atoms in total. The summed E-state index contributed by atoms with van der Waals surface area (Å²) in [5.41, 5.74) is 2.89. The van der Waals surface area contributed by atoms with Gasteiger partial charge < -0.3 is 19.9 Å². The first-order valence-electron chi connectivity index (χ1n) is 11.6. The van der Waals surface area contributed by atoms with Crippen molar-refractivity contribution in [3.05, 3.63) is 59.1 Å². The number of para-hydroxylation sites is 1. The Morgan fingerprint density at radius 1 is 0.969 bits per heavy atom. The molecule has 3 fully saturated rings. The number of hydrogen-bond acceptors (Lipinski definition) is 5. The monoisotopic (exact) mass is 454 g/mol. The van der Waals surface area contributed by atoms with E-state index in [0.717, 1.165) is 31.9 Å². The minimum atomic E-state index is -0.0125. The predicted octanol–water partition coefficient (Wildman–Crippen LogP) is 3.58. The number of morpholine rings is 1. The lowest BCUT2D eigenvalue weighted by Crippen LogP contribution is -2.60. The summed E-state index contributed by atoms with van der Waals surface area (Å²) in [4.78, 5) is 19.6. The van der Waals surface area contributed by atoms with E-state index >= 15 is 0 Å². The zero-order chi connectivity index (χ0) is 21.9. The van der Waals surface area contributed by atoms with Crippen LogP contribution in [0.25, 0.3) is 0 Å². The van der Waals surface area contributed by atoms with Gasteiger partial charge in [0.2, 0.25) is 0 Å². The molecule has 3 aliphatic heterocycles. The molecule has 0 radical (unpaired) electrons. The maximum Gasteiger partial charge on any atom is 0.255 e. The van der Waals surface area contributed by atoms with E-state index in [1.807, 2.05) is 23.1 Å². The van der Waals surface area contributed by atoms with Gasteiger partial charge in [0.25, 0.3) is 5.91 Å². The average molecular weight is 455 g/mol. The summed E-state index contributed by atoms with van der Waals surface area (Å²) in [5.74, 6) is -0.0125. The molecule has 7 heteroatoms. The van der Waals surface area contributed by atoms with E-state index in [0.29, 0.717) is 49.0 Å². The van der Waals surface area contributed by atoms with Crippen LogP contribution in [0.4, 0.5) is 11.4 Å². The number of benzene rings is 2. The first-order valence-corrected chi connectivity index (χ1v) is 12.0. The highest BCUT2D eigenvalue weighted by atomic mass is 35.5. The Hall–Kier alpha value is -2.28. The Balaban J connectivity index is 1.09. The van der Waals surface area contributed by atoms with Crippen LogP contribution in [0, 0.1) is 0 Å². The van der Waals surface area contributed by atoms with E-state index in [1.54, 1.807) is 0 Å². The van der Waals surface area contributed by atoms with Gasteiger partial charge in [0.15, 0.2) is 0 Å². The molecular weight excluding hydrogens is 424 g/mol. The lowest BCUT2D eigenvalue weighted by Gasteiger charge is -2.48. The quantitative estimate of drug-likeness (QED) is 0.748. The van der Waals surface area contributed by atoms with Crippen molar-refractivity contribution in [3.63, 3.8) is 0 Å². The van der Waals surface area contributed by atoms with Crippen LogP contribution < -0.4 is 10.2 Å². The van der Waals surface area contributed by atoms with Crippen molar-refractivity contribution in [3.8, 4) is 0 Å². The molecule has 32 heavy (non-hydrogen) atoms. The van der Waals surface area contributed by atoms with Crippen LogP contribution in [0.15, 0.2) is 48.5 Å². The van der Waals surface area contributed by atoms with Crippen LogP contribution in [0.2, 0.25) is 5.02 Å². The summed E-state index contributed by atoms with van der Waals surface area (Å²) in [7, 11) is 0. The number of hydrogen-bond donors (Lipinski definition) is 1. The van der Waals surface area contributed by atoms with E-state index in [2.05, 4.69) is 45.4 Å². The topological polar surface area (TPSA) is 48.1 Å². The van der Waals surface area contributed by atoms with E-state index < -0.39 is 0 Å². The van der Waals surface area contributed by atoms with Crippen LogP contribution >= 0.6 is 11.6 Å². The van der Waals surface area contributed by atoms with Crippen LogP contribution in [0.1, 0.15) is 23.2 Å². The highest BCUT2D eigenvalue weighted by molar-refractivity contribution is 6.34. The standard InChI is InChI=1S/C25H31ClN4O2/c26-24-16-19(6-7-23(24)25(31)29-12-14-32-15-13-29)27-20-17-30(18-20)22-8-10-28(11-9-22)21-4-2-1-3-5-21/h1-7,16,20,22,27H,8-15,17-18H2. The minimum Gasteiger partial charge on any atom is -0.380 e. The third-order valence-electron chi connectivity index (χ3n) is 6.88. The maximum atomic E-state index is 12.7. The molecule has 2 aromatic carbocycles. The number of ether oxygens (including phenoxy) is 1. The van der Waals surface area contributed by atoms with Gasteiger partial charge in [-0.3, -0.25) is 9.69 Å². The van der Waals surface area contributed by atoms with Crippen molar-refractivity contribution in [2.24, 2.45) is 0 Å². The second-order valence-corrected chi connectivity index (χ2v) is 9.36. The first-order chi connectivity index (χ1) is 15.7. The third kappa shape index (κ3) is 4.72. The number of rotatable bonds is 5. The van der Waals surface area contributed by atoms with Crippen molar-refractivity contribution in [1.29, 1.82) is 0 Å². The second-order valence-electron chi connectivity index (χ2n) is 8.95. The Morgan fingerprint density at radius 2 is 1.69 bits per heavy atom. The Morgan fingerprint density at radius 3 is 2.38 bits per heavy atom. The molecule has 170 valence electrons. The Labute approximate surface area is 195 Å². The lowest BCUT2D eigenvalue weighted by atomic mass is 9.97. The molecule has 1 N–H and O–H groups in total. The molecular formula is C25H31ClN4O2. The van der Waals surface area contributed by atoms with Gasteiger partial charge in [0.05, 0.1) is 29.8 Å². The molecule has 3 heterocycles. The first kappa shape index (κ1) is 21.6. The molecule has 0 aromatic heterocycles. The third-order valence-corrected chi connectivity index (χ3v) is 7.19. The molecule has 0 atom stereocenters. The van der Waals surface area contributed by atoms with E-state index in [-0.39, 0.29) is 5.91 Å². The molecule has 0 unspecified atom stereocenters. The van der Waals surface area contributed by atoms with Crippen LogP contribution in [-0.2, 0) is 4.74 Å². The number of nitrogens with one attached hydrogen (secondary N) is 1. The van der Waals surface area contributed by atoms with Gasteiger partial charge in [-0.05, 0) is 43.2 Å². The van der Waals surface area contributed by atoms with Crippen molar-refractivity contribution in [2.75, 3.05) is 62.7 Å². The molecule has 3 aliphatic rings. The number of likely N-dealkylation sites (tertiary alicyclic amines) is 1. The highest BCUT2D eigenvalue weighted by Crippen LogP contribution is 2.28. The molecule has 3 saturated heterocycles. The van der Waals surface area contributed by atoms with Gasteiger partial charge >= 0.3 is 0 Å².